The molecule has 0 fully saturated rings. The highest BCUT2D eigenvalue weighted by Gasteiger charge is 2.20. The number of nitrogens with zero attached hydrogens (tertiary/aromatic N) is 4. The lowest BCUT2D eigenvalue weighted by Crippen LogP contribution is -2.01. The van der Waals surface area contributed by atoms with Gasteiger partial charge in [-0.25, -0.2) is 15.0 Å². The second kappa shape index (κ2) is 9.33. The maximum absolute atomic E-state index is 4.98. The molecule has 0 spiro atoms. The number of hydrogen-bond acceptors (Lipinski definition) is 3. The van der Waals surface area contributed by atoms with Gasteiger partial charge in [-0.05, 0) is 45.8 Å². The normalized spacial score (nSPS) is 11.7. The summed E-state index contributed by atoms with van der Waals surface area (Å²) in [5, 5.41) is 7.73. The quantitative estimate of drug-likeness (QED) is 0.206. The molecule has 200 valence electrons. The van der Waals surface area contributed by atoms with E-state index in [4.69, 9.17) is 15.0 Å². The van der Waals surface area contributed by atoms with Crippen LogP contribution in [-0.4, -0.2) is 19.5 Å². The molecule has 0 unspecified atom stereocenters. The highest BCUT2D eigenvalue weighted by atomic mass is 15.0. The zero-order valence-electron chi connectivity index (χ0n) is 23.1. The highest BCUT2D eigenvalue weighted by Crippen LogP contribution is 2.43. The lowest BCUT2D eigenvalue weighted by molar-refractivity contribution is 1.07. The van der Waals surface area contributed by atoms with E-state index in [9.17, 15) is 0 Å². The Morgan fingerprint density at radius 1 is 0.349 bits per heavy atom. The zero-order chi connectivity index (χ0) is 28.3. The molecule has 4 heteroatoms. The summed E-state index contributed by atoms with van der Waals surface area (Å²) in [7, 11) is 0. The zero-order valence-corrected chi connectivity index (χ0v) is 23.1. The third-order valence-electron chi connectivity index (χ3n) is 8.39. The minimum absolute atomic E-state index is 0.647. The van der Waals surface area contributed by atoms with E-state index < -0.39 is 0 Å². The van der Waals surface area contributed by atoms with E-state index in [-0.39, 0.29) is 0 Å². The minimum atomic E-state index is 0.647. The molecule has 0 radical (unpaired) electrons. The molecule has 0 atom stereocenters. The first kappa shape index (κ1) is 23.8. The Hall–Kier alpha value is -5.87. The van der Waals surface area contributed by atoms with Gasteiger partial charge in [0.15, 0.2) is 17.5 Å². The molecule has 43 heavy (non-hydrogen) atoms. The summed E-state index contributed by atoms with van der Waals surface area (Å²) in [4.78, 5) is 14.8. The second-order valence-electron chi connectivity index (χ2n) is 10.9. The smallest absolute Gasteiger partial charge is 0.164 e. The molecule has 0 bridgehead atoms. The van der Waals surface area contributed by atoms with Gasteiger partial charge < -0.3 is 4.57 Å². The highest BCUT2D eigenvalue weighted by molar-refractivity contribution is 6.34. The van der Waals surface area contributed by atoms with Crippen LogP contribution in [0.25, 0.3) is 83.2 Å². The van der Waals surface area contributed by atoms with E-state index >= 15 is 0 Å². The van der Waals surface area contributed by atoms with Crippen molar-refractivity contribution < 1.29 is 0 Å². The first-order chi connectivity index (χ1) is 21.3. The summed E-state index contributed by atoms with van der Waals surface area (Å²) in [5.41, 5.74) is 6.31. The number of fused-ring (bicyclic) bond motifs is 3. The SMILES string of the molecule is c1ccc(-c2nc(-c3ccccc3)nc(-c3cccc(-n4c5cccc6c7ccccc7c7cccc4c7c65)c3)n2)cc1. The molecular weight excluding hydrogens is 524 g/mol. The van der Waals surface area contributed by atoms with Crippen LogP contribution in [0.4, 0.5) is 0 Å². The van der Waals surface area contributed by atoms with Crippen molar-refractivity contribution in [2.24, 2.45) is 0 Å². The summed E-state index contributed by atoms with van der Waals surface area (Å²) < 4.78 is 2.38. The maximum atomic E-state index is 4.98. The van der Waals surface area contributed by atoms with E-state index in [0.29, 0.717) is 17.5 Å². The van der Waals surface area contributed by atoms with Crippen molar-refractivity contribution in [2.45, 2.75) is 0 Å². The first-order valence-electron chi connectivity index (χ1n) is 14.5. The molecule has 2 heterocycles. The molecule has 9 aromatic rings. The van der Waals surface area contributed by atoms with Gasteiger partial charge in [-0.15, -0.1) is 0 Å². The predicted molar refractivity (Wildman–Crippen MR) is 177 cm³/mol. The van der Waals surface area contributed by atoms with Gasteiger partial charge in [-0.1, -0.05) is 121 Å². The third-order valence-corrected chi connectivity index (χ3v) is 8.39. The number of rotatable bonds is 4. The van der Waals surface area contributed by atoms with Gasteiger partial charge >= 0.3 is 0 Å². The van der Waals surface area contributed by atoms with Crippen LogP contribution < -0.4 is 0 Å². The summed E-state index contributed by atoms with van der Waals surface area (Å²) in [6, 6.07) is 50.8. The third kappa shape index (κ3) is 3.67. The van der Waals surface area contributed by atoms with Gasteiger partial charge in [-0.3, -0.25) is 0 Å². The molecule has 2 aromatic heterocycles. The van der Waals surface area contributed by atoms with Crippen molar-refractivity contribution in [3.05, 3.63) is 146 Å². The Kier molecular flexibility index (Phi) is 5.16. The van der Waals surface area contributed by atoms with E-state index in [1.807, 2.05) is 60.7 Å². The number of aromatic nitrogens is 4. The van der Waals surface area contributed by atoms with Crippen LogP contribution in [0.5, 0.6) is 0 Å². The molecular formula is C39H24N4. The van der Waals surface area contributed by atoms with Crippen molar-refractivity contribution >= 4 is 43.4 Å². The monoisotopic (exact) mass is 548 g/mol. The number of benzene rings is 7. The molecule has 0 N–H and O–H groups in total. The van der Waals surface area contributed by atoms with Crippen molar-refractivity contribution in [1.82, 2.24) is 19.5 Å². The molecule has 4 nitrogen and oxygen atoms in total. The van der Waals surface area contributed by atoms with Crippen LogP contribution in [-0.2, 0) is 0 Å². The summed E-state index contributed by atoms with van der Waals surface area (Å²) in [5.74, 6) is 1.96. The van der Waals surface area contributed by atoms with E-state index in [2.05, 4.69) is 89.5 Å². The topological polar surface area (TPSA) is 43.6 Å². The lowest BCUT2D eigenvalue weighted by atomic mass is 9.95. The van der Waals surface area contributed by atoms with Crippen LogP contribution >= 0.6 is 0 Å². The van der Waals surface area contributed by atoms with Crippen LogP contribution in [0.2, 0.25) is 0 Å². The molecule has 0 saturated carbocycles. The average molecular weight is 549 g/mol. The fraction of sp³-hybridized carbons (Fsp3) is 0. The van der Waals surface area contributed by atoms with E-state index in [1.165, 1.54) is 43.4 Å². The second-order valence-corrected chi connectivity index (χ2v) is 10.9. The Morgan fingerprint density at radius 3 is 1.30 bits per heavy atom. The molecule has 0 saturated heterocycles. The van der Waals surface area contributed by atoms with Crippen molar-refractivity contribution in [3.8, 4) is 39.9 Å². The van der Waals surface area contributed by atoms with Gasteiger partial charge in [0, 0.05) is 33.2 Å². The molecule has 0 aliphatic rings. The van der Waals surface area contributed by atoms with Crippen LogP contribution in [0, 0.1) is 0 Å². The van der Waals surface area contributed by atoms with Crippen LogP contribution in [0.1, 0.15) is 0 Å². The van der Waals surface area contributed by atoms with Crippen LogP contribution in [0.15, 0.2) is 146 Å². The molecule has 0 aliphatic heterocycles. The Bertz CT molecular complexity index is 2300. The molecule has 9 rings (SSSR count). The largest absolute Gasteiger partial charge is 0.309 e. The summed E-state index contributed by atoms with van der Waals surface area (Å²) in [6.45, 7) is 0. The number of hydrogen-bond donors (Lipinski definition) is 0. The van der Waals surface area contributed by atoms with Crippen LogP contribution in [0.3, 0.4) is 0 Å². The Morgan fingerprint density at radius 2 is 0.767 bits per heavy atom. The lowest BCUT2D eigenvalue weighted by Gasteiger charge is -2.11. The van der Waals surface area contributed by atoms with E-state index in [1.54, 1.807) is 0 Å². The van der Waals surface area contributed by atoms with Gasteiger partial charge in [-0.2, -0.15) is 0 Å². The van der Waals surface area contributed by atoms with E-state index in [0.717, 1.165) is 22.4 Å². The van der Waals surface area contributed by atoms with Crippen molar-refractivity contribution in [1.29, 1.82) is 0 Å². The standard InChI is InChI=1S/C39H24N4/c1-3-12-25(13-4-1)37-40-38(26-14-5-2-6-15-26)42-39(41-37)27-16-9-17-28(24-27)43-33-22-10-20-31-29-18-7-8-19-30(29)32-21-11-23-34(43)36(32)35(31)33/h1-24H. The first-order valence-corrected chi connectivity index (χ1v) is 14.5. The fourth-order valence-corrected chi connectivity index (χ4v) is 6.51. The summed E-state index contributed by atoms with van der Waals surface area (Å²) in [6.07, 6.45) is 0. The fourth-order valence-electron chi connectivity index (χ4n) is 6.51. The molecule has 7 aromatic carbocycles. The van der Waals surface area contributed by atoms with Gasteiger partial charge in [0.2, 0.25) is 0 Å². The summed E-state index contributed by atoms with van der Waals surface area (Å²) >= 11 is 0. The maximum Gasteiger partial charge on any atom is 0.164 e. The van der Waals surface area contributed by atoms with Gasteiger partial charge in [0.1, 0.15) is 0 Å². The molecule has 0 aliphatic carbocycles. The van der Waals surface area contributed by atoms with Gasteiger partial charge in [0.25, 0.3) is 0 Å². The Labute approximate surface area is 247 Å². The van der Waals surface area contributed by atoms with Gasteiger partial charge in [0.05, 0.1) is 11.0 Å². The minimum Gasteiger partial charge on any atom is -0.309 e. The molecule has 0 amide bonds. The average Bonchev–Trinajstić information content (AvgIpc) is 3.44. The van der Waals surface area contributed by atoms with Crippen molar-refractivity contribution in [2.75, 3.05) is 0 Å². The Balaban J connectivity index is 1.29. The van der Waals surface area contributed by atoms with Crippen molar-refractivity contribution in [3.63, 3.8) is 0 Å². The predicted octanol–water partition coefficient (Wildman–Crippen LogP) is 9.71.